The summed E-state index contributed by atoms with van der Waals surface area (Å²) in [5.41, 5.74) is 0. The van der Waals surface area contributed by atoms with Crippen molar-refractivity contribution < 1.29 is 4.74 Å². The normalized spacial score (nSPS) is 23.1. The second-order valence-corrected chi connectivity index (χ2v) is 7.63. The monoisotopic (exact) mass is 358 g/mol. The van der Waals surface area contributed by atoms with Gasteiger partial charge in [0.15, 0.2) is 5.96 Å². The number of guanidine groups is 1. The third-order valence-electron chi connectivity index (χ3n) is 5.39. The Hall–Kier alpha value is -1.75. The van der Waals surface area contributed by atoms with Crippen LogP contribution in [0, 0.1) is 5.92 Å². The van der Waals surface area contributed by atoms with Crippen LogP contribution in [0.25, 0.3) is 0 Å². The largest absolute Gasteiger partial charge is 0.489 e. The summed E-state index contributed by atoms with van der Waals surface area (Å²) in [4.78, 5) is 9.56. The molecular formula is C21H34N4O. The number of hydrogen-bond acceptors (Lipinski definition) is 3. The molecule has 1 aromatic rings. The van der Waals surface area contributed by atoms with Gasteiger partial charge in [-0.2, -0.15) is 0 Å². The lowest BCUT2D eigenvalue weighted by Crippen LogP contribution is -2.44. The molecule has 5 nitrogen and oxygen atoms in total. The Balaban J connectivity index is 1.41. The van der Waals surface area contributed by atoms with E-state index in [-0.39, 0.29) is 6.10 Å². The lowest BCUT2D eigenvalue weighted by Gasteiger charge is -2.29. The lowest BCUT2D eigenvalue weighted by atomic mass is 10.1. The first-order chi connectivity index (χ1) is 12.7. The van der Waals surface area contributed by atoms with E-state index in [0.29, 0.717) is 0 Å². The highest BCUT2D eigenvalue weighted by Gasteiger charge is 2.27. The minimum absolute atomic E-state index is 0.0981. The molecule has 2 heterocycles. The molecule has 2 fully saturated rings. The zero-order valence-electron chi connectivity index (χ0n) is 16.4. The van der Waals surface area contributed by atoms with Crippen LogP contribution in [-0.2, 0) is 0 Å². The summed E-state index contributed by atoms with van der Waals surface area (Å²) in [6.45, 7) is 8.90. The van der Waals surface area contributed by atoms with Gasteiger partial charge >= 0.3 is 0 Å². The molecule has 26 heavy (non-hydrogen) atoms. The molecule has 1 aromatic carbocycles. The number of rotatable bonds is 6. The molecule has 0 radical (unpaired) electrons. The first-order valence-electron chi connectivity index (χ1n) is 10.1. The smallest absolute Gasteiger partial charge is 0.193 e. The molecule has 0 bridgehead atoms. The third kappa shape index (κ3) is 5.63. The molecule has 0 spiro atoms. The SMILES string of the molecule is CN=C(NCC(C)Oc1ccccc1)N1CCC(CN2CCCCC2)C1. The average Bonchev–Trinajstić information content (AvgIpc) is 3.12. The Morgan fingerprint density at radius 3 is 2.69 bits per heavy atom. The van der Waals surface area contributed by atoms with Gasteiger partial charge < -0.3 is 19.9 Å². The number of ether oxygens (including phenoxy) is 1. The topological polar surface area (TPSA) is 40.1 Å². The van der Waals surface area contributed by atoms with Gasteiger partial charge in [-0.25, -0.2) is 0 Å². The van der Waals surface area contributed by atoms with Crippen molar-refractivity contribution in [1.29, 1.82) is 0 Å². The first-order valence-corrected chi connectivity index (χ1v) is 10.1. The molecule has 0 aromatic heterocycles. The van der Waals surface area contributed by atoms with E-state index in [1.54, 1.807) is 0 Å². The maximum Gasteiger partial charge on any atom is 0.193 e. The standard InChI is InChI=1S/C21H34N4O/c1-18(26-20-9-5-3-6-10-20)15-23-21(22-2)25-14-11-19(17-25)16-24-12-7-4-8-13-24/h3,5-6,9-10,18-19H,4,7-8,11-17H2,1-2H3,(H,22,23). The highest BCUT2D eigenvalue weighted by molar-refractivity contribution is 5.80. The van der Waals surface area contributed by atoms with Gasteiger partial charge in [0, 0.05) is 26.7 Å². The van der Waals surface area contributed by atoms with Crippen LogP contribution in [-0.4, -0.2) is 68.2 Å². The molecule has 0 saturated carbocycles. The Kier molecular flexibility index (Phi) is 7.18. The first kappa shape index (κ1) is 19.0. The van der Waals surface area contributed by atoms with Crippen LogP contribution in [0.4, 0.5) is 0 Å². The van der Waals surface area contributed by atoms with Crippen molar-refractivity contribution in [2.45, 2.75) is 38.7 Å². The summed E-state index contributed by atoms with van der Waals surface area (Å²) in [5.74, 6) is 2.69. The summed E-state index contributed by atoms with van der Waals surface area (Å²) >= 11 is 0. The molecular weight excluding hydrogens is 324 g/mol. The fraction of sp³-hybridized carbons (Fsp3) is 0.667. The summed E-state index contributed by atoms with van der Waals surface area (Å²) in [7, 11) is 1.88. The average molecular weight is 359 g/mol. The molecule has 2 aliphatic rings. The van der Waals surface area contributed by atoms with Crippen LogP contribution < -0.4 is 10.1 Å². The van der Waals surface area contributed by atoms with Gasteiger partial charge in [0.1, 0.15) is 11.9 Å². The molecule has 0 amide bonds. The summed E-state index contributed by atoms with van der Waals surface area (Å²) in [5, 5.41) is 3.49. The van der Waals surface area contributed by atoms with Crippen molar-refractivity contribution in [2.24, 2.45) is 10.9 Å². The number of para-hydroxylation sites is 1. The maximum atomic E-state index is 5.95. The summed E-state index contributed by atoms with van der Waals surface area (Å²) in [6.07, 6.45) is 5.53. The predicted molar refractivity (Wildman–Crippen MR) is 108 cm³/mol. The van der Waals surface area contributed by atoms with E-state index >= 15 is 0 Å². The van der Waals surface area contributed by atoms with Gasteiger partial charge in [0.2, 0.25) is 0 Å². The molecule has 144 valence electrons. The molecule has 2 unspecified atom stereocenters. The van der Waals surface area contributed by atoms with E-state index < -0.39 is 0 Å². The van der Waals surface area contributed by atoms with E-state index in [1.165, 1.54) is 45.3 Å². The predicted octanol–water partition coefficient (Wildman–Crippen LogP) is 2.84. The highest BCUT2D eigenvalue weighted by Crippen LogP contribution is 2.20. The maximum absolute atomic E-state index is 5.95. The summed E-state index contributed by atoms with van der Waals surface area (Å²) in [6, 6.07) is 10.0. The van der Waals surface area contributed by atoms with Crippen molar-refractivity contribution in [2.75, 3.05) is 46.3 Å². The van der Waals surface area contributed by atoms with Crippen molar-refractivity contribution >= 4 is 5.96 Å². The van der Waals surface area contributed by atoms with E-state index in [9.17, 15) is 0 Å². The Morgan fingerprint density at radius 2 is 1.96 bits per heavy atom. The van der Waals surface area contributed by atoms with Crippen molar-refractivity contribution in [3.63, 3.8) is 0 Å². The Morgan fingerprint density at radius 1 is 1.19 bits per heavy atom. The van der Waals surface area contributed by atoms with E-state index in [4.69, 9.17) is 4.74 Å². The molecule has 3 rings (SSSR count). The molecule has 1 N–H and O–H groups in total. The fourth-order valence-corrected chi connectivity index (χ4v) is 4.02. The molecule has 5 heteroatoms. The summed E-state index contributed by atoms with van der Waals surface area (Å²) < 4.78 is 5.95. The quantitative estimate of drug-likeness (QED) is 0.627. The van der Waals surface area contributed by atoms with Crippen molar-refractivity contribution in [3.05, 3.63) is 30.3 Å². The molecule has 2 saturated heterocycles. The number of likely N-dealkylation sites (tertiary alicyclic amines) is 2. The fourth-order valence-electron chi connectivity index (χ4n) is 4.02. The minimum Gasteiger partial charge on any atom is -0.489 e. The number of hydrogen-bond donors (Lipinski definition) is 1. The van der Waals surface area contributed by atoms with Gasteiger partial charge in [-0.3, -0.25) is 4.99 Å². The van der Waals surface area contributed by atoms with Crippen molar-refractivity contribution in [3.8, 4) is 5.75 Å². The van der Waals surface area contributed by atoms with E-state index in [0.717, 1.165) is 37.3 Å². The molecule has 2 aliphatic heterocycles. The number of aliphatic imine (C=N–C) groups is 1. The number of nitrogens with one attached hydrogen (secondary N) is 1. The van der Waals surface area contributed by atoms with Crippen LogP contribution in [0.15, 0.2) is 35.3 Å². The van der Waals surface area contributed by atoms with Gasteiger partial charge in [-0.05, 0) is 57.3 Å². The van der Waals surface area contributed by atoms with Crippen LogP contribution in [0.5, 0.6) is 5.75 Å². The van der Waals surface area contributed by atoms with Crippen LogP contribution >= 0.6 is 0 Å². The van der Waals surface area contributed by atoms with Gasteiger partial charge in [-0.1, -0.05) is 24.6 Å². The van der Waals surface area contributed by atoms with E-state index in [1.807, 2.05) is 37.4 Å². The van der Waals surface area contributed by atoms with Crippen LogP contribution in [0.3, 0.4) is 0 Å². The Bertz CT molecular complexity index is 556. The van der Waals surface area contributed by atoms with Crippen LogP contribution in [0.2, 0.25) is 0 Å². The number of benzene rings is 1. The highest BCUT2D eigenvalue weighted by atomic mass is 16.5. The lowest BCUT2D eigenvalue weighted by molar-refractivity contribution is 0.197. The molecule has 0 aliphatic carbocycles. The number of nitrogens with zero attached hydrogens (tertiary/aromatic N) is 3. The van der Waals surface area contributed by atoms with E-state index in [2.05, 4.69) is 27.0 Å². The molecule has 2 atom stereocenters. The zero-order chi connectivity index (χ0) is 18.2. The van der Waals surface area contributed by atoms with Gasteiger partial charge in [-0.15, -0.1) is 0 Å². The second-order valence-electron chi connectivity index (χ2n) is 7.63. The zero-order valence-corrected chi connectivity index (χ0v) is 16.4. The number of piperidine rings is 1. The van der Waals surface area contributed by atoms with Crippen LogP contribution in [0.1, 0.15) is 32.6 Å². The minimum atomic E-state index is 0.0981. The van der Waals surface area contributed by atoms with Crippen molar-refractivity contribution in [1.82, 2.24) is 15.1 Å². The Labute approximate surface area is 158 Å². The third-order valence-corrected chi connectivity index (χ3v) is 5.39. The van der Waals surface area contributed by atoms with Gasteiger partial charge in [0.25, 0.3) is 0 Å². The second kappa shape index (κ2) is 9.81. The van der Waals surface area contributed by atoms with Gasteiger partial charge in [0.05, 0.1) is 6.54 Å².